The Morgan fingerprint density at radius 3 is 2.59 bits per heavy atom. The van der Waals surface area contributed by atoms with Gasteiger partial charge in [0.15, 0.2) is 0 Å². The van der Waals surface area contributed by atoms with Gasteiger partial charge in [0.25, 0.3) is 0 Å². The molecule has 3 atom stereocenters. The monoisotopic (exact) mass is 308 g/mol. The SMILES string of the molecule is CC(C)C[C@H](N)C(=O)N1CC(C)OC(c2ccc(F)cc2)C1. The third-order valence-corrected chi connectivity index (χ3v) is 3.86. The highest BCUT2D eigenvalue weighted by Crippen LogP contribution is 2.26. The van der Waals surface area contributed by atoms with Gasteiger partial charge in [-0.15, -0.1) is 0 Å². The van der Waals surface area contributed by atoms with Gasteiger partial charge in [0, 0.05) is 6.54 Å². The zero-order chi connectivity index (χ0) is 16.3. The Morgan fingerprint density at radius 1 is 1.36 bits per heavy atom. The number of morpholine rings is 1. The van der Waals surface area contributed by atoms with Crippen LogP contribution in [0, 0.1) is 11.7 Å². The van der Waals surface area contributed by atoms with Gasteiger partial charge >= 0.3 is 0 Å². The molecule has 0 radical (unpaired) electrons. The number of benzene rings is 1. The molecule has 1 aromatic carbocycles. The molecular formula is C17H25FN2O2. The molecule has 22 heavy (non-hydrogen) atoms. The summed E-state index contributed by atoms with van der Waals surface area (Å²) in [4.78, 5) is 14.3. The zero-order valence-electron chi connectivity index (χ0n) is 13.5. The summed E-state index contributed by atoms with van der Waals surface area (Å²) < 4.78 is 18.9. The molecule has 2 rings (SSSR count). The fraction of sp³-hybridized carbons (Fsp3) is 0.588. The Labute approximate surface area is 131 Å². The van der Waals surface area contributed by atoms with Crippen molar-refractivity contribution in [3.05, 3.63) is 35.6 Å². The van der Waals surface area contributed by atoms with E-state index in [9.17, 15) is 9.18 Å². The number of hydrogen-bond acceptors (Lipinski definition) is 3. The number of halogens is 1. The molecule has 5 heteroatoms. The molecular weight excluding hydrogens is 283 g/mol. The molecule has 1 aliphatic heterocycles. The number of carbonyl (C=O) groups is 1. The van der Waals surface area contributed by atoms with Gasteiger partial charge in [0.05, 0.1) is 18.7 Å². The summed E-state index contributed by atoms with van der Waals surface area (Å²) in [5, 5.41) is 0. The molecule has 4 nitrogen and oxygen atoms in total. The van der Waals surface area contributed by atoms with Crippen molar-refractivity contribution in [3.8, 4) is 0 Å². The van der Waals surface area contributed by atoms with Gasteiger partial charge < -0.3 is 15.4 Å². The van der Waals surface area contributed by atoms with E-state index >= 15 is 0 Å². The molecule has 1 fully saturated rings. The van der Waals surface area contributed by atoms with E-state index in [2.05, 4.69) is 13.8 Å². The molecule has 2 unspecified atom stereocenters. The average molecular weight is 308 g/mol. The maximum Gasteiger partial charge on any atom is 0.239 e. The lowest BCUT2D eigenvalue weighted by Gasteiger charge is -2.38. The number of amides is 1. The van der Waals surface area contributed by atoms with Crippen molar-refractivity contribution in [1.29, 1.82) is 0 Å². The second kappa shape index (κ2) is 7.20. The number of ether oxygens (including phenoxy) is 1. The minimum Gasteiger partial charge on any atom is -0.367 e. The van der Waals surface area contributed by atoms with Gasteiger partial charge in [-0.1, -0.05) is 26.0 Å². The molecule has 1 aromatic rings. The molecule has 0 aliphatic carbocycles. The molecule has 0 spiro atoms. The van der Waals surface area contributed by atoms with Crippen molar-refractivity contribution in [3.63, 3.8) is 0 Å². The van der Waals surface area contributed by atoms with Gasteiger partial charge in [0.1, 0.15) is 11.9 Å². The summed E-state index contributed by atoms with van der Waals surface area (Å²) in [5.41, 5.74) is 6.89. The zero-order valence-corrected chi connectivity index (χ0v) is 13.5. The van der Waals surface area contributed by atoms with E-state index in [1.54, 1.807) is 17.0 Å². The first-order valence-electron chi connectivity index (χ1n) is 7.82. The first-order chi connectivity index (χ1) is 10.4. The Balaban J connectivity index is 2.07. The fourth-order valence-electron chi connectivity index (χ4n) is 2.84. The second-order valence-corrected chi connectivity index (χ2v) is 6.47. The van der Waals surface area contributed by atoms with Crippen molar-refractivity contribution >= 4 is 5.91 Å². The van der Waals surface area contributed by atoms with Crippen LogP contribution < -0.4 is 5.73 Å². The van der Waals surface area contributed by atoms with Crippen molar-refractivity contribution in [2.45, 2.75) is 45.4 Å². The van der Waals surface area contributed by atoms with Crippen LogP contribution in [0.5, 0.6) is 0 Å². The lowest BCUT2D eigenvalue weighted by Crippen LogP contribution is -2.51. The van der Waals surface area contributed by atoms with Crippen LogP contribution in [0.2, 0.25) is 0 Å². The van der Waals surface area contributed by atoms with Crippen molar-refractivity contribution in [1.82, 2.24) is 4.90 Å². The molecule has 1 aliphatic rings. The summed E-state index contributed by atoms with van der Waals surface area (Å²) in [6.45, 7) is 7.04. The van der Waals surface area contributed by atoms with E-state index < -0.39 is 6.04 Å². The van der Waals surface area contributed by atoms with E-state index in [1.165, 1.54) is 12.1 Å². The third-order valence-electron chi connectivity index (χ3n) is 3.86. The van der Waals surface area contributed by atoms with Crippen LogP contribution in [0.3, 0.4) is 0 Å². The highest BCUT2D eigenvalue weighted by atomic mass is 19.1. The first-order valence-corrected chi connectivity index (χ1v) is 7.82. The summed E-state index contributed by atoms with van der Waals surface area (Å²) in [7, 11) is 0. The van der Waals surface area contributed by atoms with Crippen LogP contribution in [-0.4, -0.2) is 36.0 Å². The van der Waals surface area contributed by atoms with Gasteiger partial charge in [-0.05, 0) is 37.0 Å². The standard InChI is InChI=1S/C17H25FN2O2/c1-11(2)8-15(19)17(21)20-9-12(3)22-16(10-20)13-4-6-14(18)7-5-13/h4-7,11-12,15-16H,8-10,19H2,1-3H3/t12?,15-,16?/m0/s1. The molecule has 122 valence electrons. The lowest BCUT2D eigenvalue weighted by molar-refractivity contribution is -0.146. The van der Waals surface area contributed by atoms with E-state index in [0.717, 1.165) is 5.56 Å². The Kier molecular flexibility index (Phi) is 5.53. The molecule has 0 saturated carbocycles. The maximum atomic E-state index is 13.0. The Bertz CT molecular complexity index is 504. The van der Waals surface area contributed by atoms with Crippen LogP contribution in [0.25, 0.3) is 0 Å². The van der Waals surface area contributed by atoms with E-state index in [4.69, 9.17) is 10.5 Å². The number of hydrogen-bond donors (Lipinski definition) is 1. The van der Waals surface area contributed by atoms with Crippen molar-refractivity contribution in [2.24, 2.45) is 11.7 Å². The molecule has 1 heterocycles. The summed E-state index contributed by atoms with van der Waals surface area (Å²) in [6, 6.07) is 5.76. The van der Waals surface area contributed by atoms with Gasteiger partial charge in [-0.2, -0.15) is 0 Å². The van der Waals surface area contributed by atoms with Gasteiger partial charge in [-0.25, -0.2) is 4.39 Å². The molecule has 0 bridgehead atoms. The molecule has 0 aromatic heterocycles. The van der Waals surface area contributed by atoms with E-state index in [0.29, 0.717) is 25.4 Å². The molecule has 1 saturated heterocycles. The third kappa shape index (κ3) is 4.27. The molecule has 2 N–H and O–H groups in total. The minimum absolute atomic E-state index is 0.0315. The Morgan fingerprint density at radius 2 is 2.00 bits per heavy atom. The minimum atomic E-state index is -0.473. The smallest absolute Gasteiger partial charge is 0.239 e. The van der Waals surface area contributed by atoms with E-state index in [1.807, 2.05) is 6.92 Å². The van der Waals surface area contributed by atoms with E-state index in [-0.39, 0.29) is 23.9 Å². The average Bonchev–Trinajstić information content (AvgIpc) is 2.45. The number of nitrogens with two attached hydrogens (primary N) is 1. The largest absolute Gasteiger partial charge is 0.367 e. The highest BCUT2D eigenvalue weighted by molar-refractivity contribution is 5.81. The maximum absolute atomic E-state index is 13.0. The predicted octanol–water partition coefficient (Wildman–Crippen LogP) is 2.49. The van der Waals surface area contributed by atoms with Crippen LogP contribution in [-0.2, 0) is 9.53 Å². The van der Waals surface area contributed by atoms with Gasteiger partial charge in [-0.3, -0.25) is 4.79 Å². The number of carbonyl (C=O) groups excluding carboxylic acids is 1. The van der Waals surface area contributed by atoms with Crippen LogP contribution in [0.4, 0.5) is 4.39 Å². The van der Waals surface area contributed by atoms with Crippen molar-refractivity contribution < 1.29 is 13.9 Å². The second-order valence-electron chi connectivity index (χ2n) is 6.47. The fourth-order valence-corrected chi connectivity index (χ4v) is 2.84. The Hall–Kier alpha value is -1.46. The molecule has 1 amide bonds. The highest BCUT2D eigenvalue weighted by Gasteiger charge is 2.31. The van der Waals surface area contributed by atoms with Gasteiger partial charge in [0.2, 0.25) is 5.91 Å². The van der Waals surface area contributed by atoms with Crippen LogP contribution in [0.1, 0.15) is 38.9 Å². The normalized spacial score (nSPS) is 23.6. The quantitative estimate of drug-likeness (QED) is 0.930. The predicted molar refractivity (Wildman–Crippen MR) is 83.7 cm³/mol. The van der Waals surface area contributed by atoms with Crippen molar-refractivity contribution in [2.75, 3.05) is 13.1 Å². The number of rotatable bonds is 4. The summed E-state index contributed by atoms with van der Waals surface area (Å²) >= 11 is 0. The topological polar surface area (TPSA) is 55.6 Å². The lowest BCUT2D eigenvalue weighted by atomic mass is 10.0. The van der Waals surface area contributed by atoms with Crippen LogP contribution in [0.15, 0.2) is 24.3 Å². The number of nitrogens with zero attached hydrogens (tertiary/aromatic N) is 1. The summed E-state index contributed by atoms with van der Waals surface area (Å²) in [5.74, 6) is 0.0702. The first kappa shape index (κ1) is 16.9. The van der Waals surface area contributed by atoms with Crippen LogP contribution >= 0.6 is 0 Å². The summed E-state index contributed by atoms with van der Waals surface area (Å²) in [6.07, 6.45) is 0.366.